The largest absolute Gasteiger partial charge is 0.272 e. The molecule has 0 spiro atoms. The fraction of sp³-hybridized carbons (Fsp3) is 0.118. The predicted octanol–water partition coefficient (Wildman–Crippen LogP) is 1.29. The lowest BCUT2D eigenvalue weighted by Gasteiger charge is -2.17. The van der Waals surface area contributed by atoms with Crippen LogP contribution in [0.3, 0.4) is 0 Å². The highest BCUT2D eigenvalue weighted by atomic mass is 35.5. The van der Waals surface area contributed by atoms with E-state index in [1.807, 2.05) is 6.07 Å². The Morgan fingerprint density at radius 1 is 1.07 bits per heavy atom. The number of carbonyl (C=O) groups excluding carboxylic acids is 2. The molecule has 0 aliphatic carbocycles. The van der Waals surface area contributed by atoms with Gasteiger partial charge in [-0.05, 0) is 48.5 Å². The second-order valence-electron chi connectivity index (χ2n) is 5.41. The molecule has 0 heterocycles. The minimum atomic E-state index is -3.92. The number of hydrazine groups is 1. The molecule has 0 aromatic heterocycles. The highest BCUT2D eigenvalue weighted by Crippen LogP contribution is 2.14. The van der Waals surface area contributed by atoms with Gasteiger partial charge in [-0.1, -0.05) is 11.6 Å². The monoisotopic (exact) mass is 406 g/mol. The molecular formula is C17H15ClN4O4S. The smallest absolute Gasteiger partial charge is 0.269 e. The quantitative estimate of drug-likeness (QED) is 0.725. The standard InChI is InChI=1S/C17H15ClN4O4S/c1-22(27(25,26)15-8-2-12(10-19)3-9-15)11-16(23)20-21-17(24)13-4-6-14(18)7-5-13/h2-9H,11H2,1H3,(H,20,23)(H,21,24). The zero-order valence-electron chi connectivity index (χ0n) is 14.1. The van der Waals surface area contributed by atoms with Crippen LogP contribution in [0.1, 0.15) is 15.9 Å². The Morgan fingerprint density at radius 3 is 2.22 bits per heavy atom. The fourth-order valence-electron chi connectivity index (χ4n) is 2.01. The molecule has 2 aromatic rings. The first-order chi connectivity index (χ1) is 12.7. The van der Waals surface area contributed by atoms with Gasteiger partial charge >= 0.3 is 0 Å². The summed E-state index contributed by atoms with van der Waals surface area (Å²) in [5, 5.41) is 9.22. The molecule has 2 aromatic carbocycles. The van der Waals surface area contributed by atoms with Crippen LogP contribution in [-0.4, -0.2) is 38.1 Å². The van der Waals surface area contributed by atoms with Crippen molar-refractivity contribution in [1.29, 1.82) is 5.26 Å². The highest BCUT2D eigenvalue weighted by Gasteiger charge is 2.23. The second kappa shape index (κ2) is 8.64. The number of nitriles is 1. The molecule has 0 atom stereocenters. The molecule has 27 heavy (non-hydrogen) atoms. The number of rotatable bonds is 5. The average Bonchev–Trinajstić information content (AvgIpc) is 2.66. The van der Waals surface area contributed by atoms with Crippen LogP contribution in [0.5, 0.6) is 0 Å². The molecular weight excluding hydrogens is 392 g/mol. The minimum absolute atomic E-state index is 0.0537. The number of carbonyl (C=O) groups is 2. The van der Waals surface area contributed by atoms with Crippen LogP contribution < -0.4 is 10.9 Å². The number of hydrogen-bond acceptors (Lipinski definition) is 5. The normalized spacial score (nSPS) is 10.9. The molecule has 140 valence electrons. The van der Waals surface area contributed by atoms with Crippen LogP contribution >= 0.6 is 11.6 Å². The first-order valence-electron chi connectivity index (χ1n) is 7.55. The van der Waals surface area contributed by atoms with E-state index >= 15 is 0 Å². The van der Waals surface area contributed by atoms with Crippen LogP contribution in [-0.2, 0) is 14.8 Å². The Bertz CT molecular complexity index is 983. The van der Waals surface area contributed by atoms with E-state index in [2.05, 4.69) is 10.9 Å². The number of hydrogen-bond donors (Lipinski definition) is 2. The van der Waals surface area contributed by atoms with Crippen molar-refractivity contribution in [2.24, 2.45) is 0 Å². The van der Waals surface area contributed by atoms with Gasteiger partial charge in [0.2, 0.25) is 10.0 Å². The number of benzene rings is 2. The van der Waals surface area contributed by atoms with Gasteiger partial charge in [0.05, 0.1) is 23.1 Å². The number of amides is 2. The molecule has 0 radical (unpaired) electrons. The number of nitrogens with one attached hydrogen (secondary N) is 2. The van der Waals surface area contributed by atoms with Crippen molar-refractivity contribution in [3.05, 3.63) is 64.7 Å². The van der Waals surface area contributed by atoms with Crippen molar-refractivity contribution in [3.8, 4) is 6.07 Å². The Kier molecular flexibility index (Phi) is 6.52. The van der Waals surface area contributed by atoms with Gasteiger partial charge in [0.15, 0.2) is 0 Å². The van der Waals surface area contributed by atoms with Gasteiger partial charge in [-0.3, -0.25) is 20.4 Å². The van der Waals surface area contributed by atoms with Crippen molar-refractivity contribution in [2.45, 2.75) is 4.90 Å². The lowest BCUT2D eigenvalue weighted by molar-refractivity contribution is -0.121. The molecule has 0 aliphatic rings. The topological polar surface area (TPSA) is 119 Å². The molecule has 2 N–H and O–H groups in total. The summed E-state index contributed by atoms with van der Waals surface area (Å²) >= 11 is 5.73. The Balaban J connectivity index is 1.94. The third kappa shape index (κ3) is 5.27. The number of nitrogens with zero attached hydrogens (tertiary/aromatic N) is 2. The summed E-state index contributed by atoms with van der Waals surface area (Å²) in [6.07, 6.45) is 0. The van der Waals surface area contributed by atoms with Gasteiger partial charge in [-0.15, -0.1) is 0 Å². The van der Waals surface area contributed by atoms with E-state index in [1.165, 1.54) is 55.6 Å². The van der Waals surface area contributed by atoms with Crippen molar-refractivity contribution in [2.75, 3.05) is 13.6 Å². The van der Waals surface area contributed by atoms with Crippen LogP contribution in [0.15, 0.2) is 53.4 Å². The molecule has 0 unspecified atom stereocenters. The van der Waals surface area contributed by atoms with Gasteiger partial charge < -0.3 is 0 Å². The Hall–Kier alpha value is -2.93. The van der Waals surface area contributed by atoms with Crippen LogP contribution in [0.4, 0.5) is 0 Å². The summed E-state index contributed by atoms with van der Waals surface area (Å²) in [6.45, 7) is -0.511. The fourth-order valence-corrected chi connectivity index (χ4v) is 3.26. The lowest BCUT2D eigenvalue weighted by Crippen LogP contribution is -2.46. The maximum atomic E-state index is 12.4. The second-order valence-corrected chi connectivity index (χ2v) is 7.89. The zero-order valence-corrected chi connectivity index (χ0v) is 15.7. The highest BCUT2D eigenvalue weighted by molar-refractivity contribution is 7.89. The molecule has 0 bridgehead atoms. The van der Waals surface area contributed by atoms with E-state index in [4.69, 9.17) is 16.9 Å². The van der Waals surface area contributed by atoms with Crippen molar-refractivity contribution in [3.63, 3.8) is 0 Å². The van der Waals surface area contributed by atoms with Crippen LogP contribution in [0.25, 0.3) is 0 Å². The van der Waals surface area contributed by atoms with Gasteiger partial charge in [0, 0.05) is 17.6 Å². The van der Waals surface area contributed by atoms with E-state index in [-0.39, 0.29) is 10.5 Å². The summed E-state index contributed by atoms with van der Waals surface area (Å²) in [5.74, 6) is -1.30. The molecule has 0 saturated heterocycles. The molecule has 0 aliphatic heterocycles. The van der Waals surface area contributed by atoms with Crippen molar-refractivity contribution < 1.29 is 18.0 Å². The number of sulfonamides is 1. The van der Waals surface area contributed by atoms with E-state index in [9.17, 15) is 18.0 Å². The number of likely N-dealkylation sites (N-methyl/N-ethyl adjacent to an activating group) is 1. The van der Waals surface area contributed by atoms with Crippen LogP contribution in [0, 0.1) is 11.3 Å². The summed E-state index contributed by atoms with van der Waals surface area (Å²) in [4.78, 5) is 23.8. The lowest BCUT2D eigenvalue weighted by atomic mass is 10.2. The molecule has 2 rings (SSSR count). The van der Waals surface area contributed by atoms with E-state index in [0.717, 1.165) is 4.31 Å². The minimum Gasteiger partial charge on any atom is -0.272 e. The molecule has 0 fully saturated rings. The van der Waals surface area contributed by atoms with Gasteiger partial charge in [0.25, 0.3) is 11.8 Å². The average molecular weight is 407 g/mol. The first kappa shape index (κ1) is 20.4. The van der Waals surface area contributed by atoms with Crippen LogP contribution in [0.2, 0.25) is 5.02 Å². The summed E-state index contributed by atoms with van der Waals surface area (Å²) < 4.78 is 25.7. The van der Waals surface area contributed by atoms with E-state index in [1.54, 1.807) is 0 Å². The maximum Gasteiger partial charge on any atom is 0.269 e. The van der Waals surface area contributed by atoms with E-state index < -0.39 is 28.4 Å². The molecule has 2 amide bonds. The zero-order chi connectivity index (χ0) is 20.0. The van der Waals surface area contributed by atoms with Gasteiger partial charge in [0.1, 0.15) is 0 Å². The maximum absolute atomic E-state index is 12.4. The SMILES string of the molecule is CN(CC(=O)NNC(=O)c1ccc(Cl)cc1)S(=O)(=O)c1ccc(C#N)cc1. The van der Waals surface area contributed by atoms with E-state index in [0.29, 0.717) is 10.6 Å². The number of halogens is 1. The summed E-state index contributed by atoms with van der Waals surface area (Å²) in [7, 11) is -2.69. The summed E-state index contributed by atoms with van der Waals surface area (Å²) in [6, 6.07) is 13.2. The van der Waals surface area contributed by atoms with Crippen molar-refractivity contribution in [1.82, 2.24) is 15.2 Å². The molecule has 10 heteroatoms. The first-order valence-corrected chi connectivity index (χ1v) is 9.37. The van der Waals surface area contributed by atoms with Crippen molar-refractivity contribution >= 4 is 33.4 Å². The third-order valence-corrected chi connectivity index (χ3v) is 5.55. The Labute approximate surface area is 161 Å². The van der Waals surface area contributed by atoms with Gasteiger partial charge in [-0.2, -0.15) is 9.57 Å². The summed E-state index contributed by atoms with van der Waals surface area (Å²) in [5.41, 5.74) is 4.93. The molecule has 8 nitrogen and oxygen atoms in total. The third-order valence-electron chi connectivity index (χ3n) is 3.48. The predicted molar refractivity (Wildman–Crippen MR) is 98.0 cm³/mol. The molecule has 0 saturated carbocycles. The Morgan fingerprint density at radius 2 is 1.67 bits per heavy atom. The van der Waals surface area contributed by atoms with Gasteiger partial charge in [-0.25, -0.2) is 8.42 Å².